The third kappa shape index (κ3) is 3.79. The first kappa shape index (κ1) is 16.8. The monoisotopic (exact) mass is 376 g/mol. The third-order valence-electron chi connectivity index (χ3n) is 4.01. The first-order valence-corrected chi connectivity index (χ1v) is 8.35. The molecule has 0 radical (unpaired) electrons. The molecule has 2 aliphatic rings. The van der Waals surface area contributed by atoms with Crippen LogP contribution in [0.2, 0.25) is 0 Å². The molecular weight excluding hydrogens is 358 g/mol. The highest BCUT2D eigenvalue weighted by Gasteiger charge is 2.43. The molecule has 0 bridgehead atoms. The summed E-state index contributed by atoms with van der Waals surface area (Å²) in [6, 6.07) is 0. The molecule has 21 heavy (non-hydrogen) atoms. The molecule has 3 N–H and O–H groups in total. The highest BCUT2D eigenvalue weighted by molar-refractivity contribution is 9.09. The minimum Gasteiger partial charge on any atom is -0.633 e. The van der Waals surface area contributed by atoms with Crippen LogP contribution in [0.25, 0.3) is 4.85 Å². The summed E-state index contributed by atoms with van der Waals surface area (Å²) in [5.74, 6) is -0.264. The van der Waals surface area contributed by atoms with E-state index in [4.69, 9.17) is 18.2 Å². The van der Waals surface area contributed by atoms with Crippen LogP contribution in [-0.2, 0) is 0 Å². The van der Waals surface area contributed by atoms with E-state index in [-0.39, 0.29) is 21.3 Å². The smallest absolute Gasteiger partial charge is 0.347 e. The predicted octanol–water partition coefficient (Wildman–Crippen LogP) is 1.40. The number of alkyl halides is 2. The summed E-state index contributed by atoms with van der Waals surface area (Å²) in [6.45, 7) is 5.54. The molecule has 0 saturated carbocycles. The van der Waals surface area contributed by atoms with Gasteiger partial charge in [-0.25, -0.2) is 0 Å². The number of hydrogen-bond donors (Lipinski definition) is 3. The summed E-state index contributed by atoms with van der Waals surface area (Å²) in [5.41, 5.74) is 1.45. The first-order chi connectivity index (χ1) is 9.93. The normalized spacial score (nSPS) is 35.8. The van der Waals surface area contributed by atoms with Gasteiger partial charge in [0, 0.05) is 5.92 Å². The lowest BCUT2D eigenvalue weighted by Gasteiger charge is -2.34. The van der Waals surface area contributed by atoms with E-state index in [2.05, 4.69) is 26.1 Å². The molecule has 1 aliphatic heterocycles. The molecule has 1 aliphatic carbocycles. The van der Waals surface area contributed by atoms with Gasteiger partial charge in [-0.1, -0.05) is 28.1 Å². The Morgan fingerprint density at radius 1 is 1.57 bits per heavy atom. The zero-order valence-corrected chi connectivity index (χ0v) is 14.1. The van der Waals surface area contributed by atoms with Crippen LogP contribution in [0.4, 0.5) is 0 Å². The SMILES string of the molecule is C#[N+]C1=C(C2C=CC(Cl)CC2)NC(Br)CC1C(O)[NH+](C)[O-]. The maximum absolute atomic E-state index is 11.5. The fourth-order valence-electron chi connectivity index (χ4n) is 2.89. The zero-order valence-electron chi connectivity index (χ0n) is 11.8. The molecule has 116 valence electrons. The topological polar surface area (TPSA) is 64.1 Å². The van der Waals surface area contributed by atoms with E-state index in [1.165, 1.54) is 7.05 Å². The van der Waals surface area contributed by atoms with Crippen LogP contribution in [-0.4, -0.2) is 28.7 Å². The molecule has 5 nitrogen and oxygen atoms in total. The lowest BCUT2D eigenvalue weighted by molar-refractivity contribution is -0.884. The zero-order chi connectivity index (χ0) is 15.6. The molecule has 0 aromatic carbocycles. The molecular formula is C14H20BrClN3O2+. The Kier molecular flexibility index (Phi) is 5.69. The molecule has 2 rings (SSSR count). The van der Waals surface area contributed by atoms with Gasteiger partial charge in [-0.05, 0) is 24.1 Å². The molecule has 6 unspecified atom stereocenters. The van der Waals surface area contributed by atoms with E-state index in [0.29, 0.717) is 12.1 Å². The number of rotatable bonds is 3. The third-order valence-corrected chi connectivity index (χ3v) is 4.98. The fraction of sp³-hybridized carbons (Fsp3) is 0.643. The molecule has 0 amide bonds. The Morgan fingerprint density at radius 3 is 2.81 bits per heavy atom. The van der Waals surface area contributed by atoms with Gasteiger partial charge in [0.2, 0.25) is 6.23 Å². The van der Waals surface area contributed by atoms with Gasteiger partial charge in [0.1, 0.15) is 11.6 Å². The van der Waals surface area contributed by atoms with Crippen LogP contribution in [0.3, 0.4) is 0 Å². The second-order valence-electron chi connectivity index (χ2n) is 5.52. The van der Waals surface area contributed by atoms with Gasteiger partial charge in [-0.2, -0.15) is 0 Å². The van der Waals surface area contributed by atoms with Gasteiger partial charge in [0.15, 0.2) is 0 Å². The number of halogens is 2. The Morgan fingerprint density at radius 2 is 2.29 bits per heavy atom. The van der Waals surface area contributed by atoms with Crippen LogP contribution >= 0.6 is 27.5 Å². The van der Waals surface area contributed by atoms with Gasteiger partial charge < -0.3 is 20.7 Å². The van der Waals surface area contributed by atoms with Crippen LogP contribution < -0.4 is 10.4 Å². The van der Waals surface area contributed by atoms with E-state index < -0.39 is 12.1 Å². The van der Waals surface area contributed by atoms with E-state index in [1.807, 2.05) is 12.2 Å². The van der Waals surface area contributed by atoms with E-state index in [9.17, 15) is 10.3 Å². The van der Waals surface area contributed by atoms with Gasteiger partial charge in [-0.3, -0.25) is 0 Å². The summed E-state index contributed by atoms with van der Waals surface area (Å²) in [5, 5.41) is 24.8. The summed E-state index contributed by atoms with van der Waals surface area (Å²) in [4.78, 5) is 3.83. The van der Waals surface area contributed by atoms with Crippen molar-refractivity contribution in [2.24, 2.45) is 11.8 Å². The van der Waals surface area contributed by atoms with Crippen molar-refractivity contribution < 1.29 is 10.2 Å². The average Bonchev–Trinajstić information content (AvgIpc) is 2.46. The van der Waals surface area contributed by atoms with Gasteiger partial charge in [0.25, 0.3) is 6.57 Å². The quantitative estimate of drug-likeness (QED) is 0.229. The Bertz CT molecular complexity index is 489. The van der Waals surface area contributed by atoms with E-state index in [0.717, 1.165) is 18.5 Å². The molecule has 0 saturated heterocycles. The lowest BCUT2D eigenvalue weighted by atomic mass is 9.85. The van der Waals surface area contributed by atoms with Crippen molar-refractivity contribution in [3.05, 3.63) is 33.6 Å². The van der Waals surface area contributed by atoms with Gasteiger partial charge in [-0.15, -0.1) is 11.6 Å². The number of hydrogen-bond acceptors (Lipinski definition) is 3. The molecule has 6 atom stereocenters. The van der Waals surface area contributed by atoms with Crippen molar-refractivity contribution in [3.8, 4) is 6.57 Å². The van der Waals surface area contributed by atoms with Crippen molar-refractivity contribution in [1.29, 1.82) is 0 Å². The first-order valence-electron chi connectivity index (χ1n) is 7.00. The molecule has 0 aromatic heterocycles. The number of quaternary nitrogens is 1. The van der Waals surface area contributed by atoms with Crippen molar-refractivity contribution in [2.75, 3.05) is 7.05 Å². The van der Waals surface area contributed by atoms with Gasteiger partial charge >= 0.3 is 5.70 Å². The molecule has 1 heterocycles. The fourth-order valence-corrected chi connectivity index (χ4v) is 3.75. The van der Waals surface area contributed by atoms with Crippen LogP contribution in [0.15, 0.2) is 23.5 Å². The minimum atomic E-state index is -1.09. The van der Waals surface area contributed by atoms with Crippen molar-refractivity contribution >= 4 is 27.5 Å². The second-order valence-corrected chi connectivity index (χ2v) is 7.19. The summed E-state index contributed by atoms with van der Waals surface area (Å²) < 4.78 is 0. The molecule has 0 spiro atoms. The Hall–Kier alpha value is -0.580. The highest BCUT2D eigenvalue weighted by atomic mass is 79.9. The second kappa shape index (κ2) is 7.12. The molecule has 0 fully saturated rings. The van der Waals surface area contributed by atoms with Crippen LogP contribution in [0.1, 0.15) is 19.3 Å². The van der Waals surface area contributed by atoms with Crippen molar-refractivity contribution in [1.82, 2.24) is 5.32 Å². The van der Waals surface area contributed by atoms with E-state index in [1.54, 1.807) is 0 Å². The number of hydroxylamine groups is 2. The van der Waals surface area contributed by atoms with Crippen molar-refractivity contribution in [2.45, 2.75) is 35.8 Å². The highest BCUT2D eigenvalue weighted by Crippen LogP contribution is 2.36. The maximum atomic E-state index is 11.5. The summed E-state index contributed by atoms with van der Waals surface area (Å²) in [7, 11) is 1.38. The van der Waals surface area contributed by atoms with E-state index >= 15 is 0 Å². The standard InChI is InChI=1S/C14H20BrClN3O2/c1-17-13-10(14(20)19(2)21)7-11(15)18-12(13)8-3-5-9(16)6-4-8/h1,3,5,8-11,14,18-20H,4,6-7H2,2H3/q+1. The molecule has 7 heteroatoms. The Balaban J connectivity index is 2.35. The predicted molar refractivity (Wildman–Crippen MR) is 87.1 cm³/mol. The summed E-state index contributed by atoms with van der Waals surface area (Å²) in [6.07, 6.45) is 5.23. The number of nitrogens with zero attached hydrogens (tertiary/aromatic N) is 1. The molecule has 0 aromatic rings. The summed E-state index contributed by atoms with van der Waals surface area (Å²) >= 11 is 9.60. The van der Waals surface area contributed by atoms with Crippen LogP contribution in [0.5, 0.6) is 0 Å². The van der Waals surface area contributed by atoms with Crippen LogP contribution in [0, 0.1) is 23.6 Å². The largest absolute Gasteiger partial charge is 0.633 e. The number of aliphatic hydroxyl groups is 1. The number of nitrogens with one attached hydrogen (secondary N) is 2. The van der Waals surface area contributed by atoms with Gasteiger partial charge in [0.05, 0.1) is 17.4 Å². The Labute approximate surface area is 138 Å². The number of allylic oxidation sites excluding steroid dienone is 2. The maximum Gasteiger partial charge on any atom is 0.347 e. The van der Waals surface area contributed by atoms with Crippen molar-refractivity contribution in [3.63, 3.8) is 0 Å². The average molecular weight is 378 g/mol. The lowest BCUT2D eigenvalue weighted by Crippen LogP contribution is -3.09. The number of aliphatic hydroxyl groups excluding tert-OH is 1. The minimum absolute atomic E-state index is 0.0286.